The van der Waals surface area contributed by atoms with Gasteiger partial charge in [0.1, 0.15) is 11.5 Å². The van der Waals surface area contributed by atoms with Crippen LogP contribution in [0.15, 0.2) is 42.5 Å². The fourth-order valence-corrected chi connectivity index (χ4v) is 3.67. The summed E-state index contributed by atoms with van der Waals surface area (Å²) >= 11 is 6.30. The number of rotatable bonds is 10. The number of fused-ring (bicyclic) bond motifs is 2. The zero-order valence-corrected chi connectivity index (χ0v) is 20.1. The molecule has 0 aromatic heterocycles. The third-order valence-electron chi connectivity index (χ3n) is 4.73. The summed E-state index contributed by atoms with van der Waals surface area (Å²) in [6, 6.07) is 13.1. The molecular weight excluding hydrogens is 444 g/mol. The van der Waals surface area contributed by atoms with Crippen LogP contribution in [0.5, 0.6) is 11.5 Å². The van der Waals surface area contributed by atoms with Gasteiger partial charge in [-0.3, -0.25) is 9.59 Å². The average Bonchev–Trinajstić information content (AvgIpc) is 2.74. The first kappa shape index (κ1) is 24.6. The maximum atomic E-state index is 11.9. The van der Waals surface area contributed by atoms with Crippen molar-refractivity contribution in [1.82, 2.24) is 0 Å². The van der Waals surface area contributed by atoms with Gasteiger partial charge in [0, 0.05) is 26.6 Å². The molecule has 0 aliphatic rings. The highest BCUT2D eigenvalue weighted by molar-refractivity contribution is 6.31. The van der Waals surface area contributed by atoms with E-state index in [2.05, 4.69) is 0 Å². The molecule has 0 bridgehead atoms. The van der Waals surface area contributed by atoms with Gasteiger partial charge in [0.15, 0.2) is 0 Å². The Morgan fingerprint density at radius 2 is 1.18 bits per heavy atom. The van der Waals surface area contributed by atoms with Gasteiger partial charge in [-0.25, -0.2) is 0 Å². The molecule has 7 heteroatoms. The van der Waals surface area contributed by atoms with E-state index in [1.807, 2.05) is 64.1 Å². The summed E-state index contributed by atoms with van der Waals surface area (Å²) in [4.78, 5) is 23.9. The van der Waals surface area contributed by atoms with Crippen molar-refractivity contribution in [1.29, 1.82) is 0 Å². The number of hydrogen-bond donors (Lipinski definition) is 0. The van der Waals surface area contributed by atoms with E-state index < -0.39 is 0 Å². The monoisotopic (exact) mass is 472 g/mol. The summed E-state index contributed by atoms with van der Waals surface area (Å²) < 4.78 is 22.6. The molecule has 0 amide bonds. The predicted octanol–water partition coefficient (Wildman–Crippen LogP) is 6.09. The first-order valence-electron chi connectivity index (χ1n) is 11.0. The van der Waals surface area contributed by atoms with Gasteiger partial charge in [0.25, 0.3) is 0 Å². The standard InChI is InChI=1S/C26H29ClO6/c1-16(2)32-23(28)11-13-30-25-19-7-5-6-8-20(19)26(22-15-18(27)9-10-21(22)25)31-14-12-24(29)33-17(3)4/h5-10,15-17H,11-14H2,1-4H3. The Labute approximate surface area is 198 Å². The SMILES string of the molecule is CC(C)OC(=O)CCOc1c2ccccc2c(OCCC(=O)OC(C)C)c2cc(Cl)ccc12. The van der Waals surface area contributed by atoms with E-state index in [1.54, 1.807) is 6.07 Å². The lowest BCUT2D eigenvalue weighted by Gasteiger charge is -2.18. The highest BCUT2D eigenvalue weighted by Gasteiger charge is 2.18. The molecule has 0 saturated carbocycles. The van der Waals surface area contributed by atoms with Crippen LogP contribution < -0.4 is 9.47 Å². The van der Waals surface area contributed by atoms with Crippen LogP contribution in [0.4, 0.5) is 0 Å². The summed E-state index contributed by atoms with van der Waals surface area (Å²) in [5, 5.41) is 3.77. The molecule has 0 radical (unpaired) electrons. The van der Waals surface area contributed by atoms with Crippen molar-refractivity contribution in [3.05, 3.63) is 47.5 Å². The number of carbonyl (C=O) groups excluding carboxylic acids is 2. The topological polar surface area (TPSA) is 71.1 Å². The van der Waals surface area contributed by atoms with Gasteiger partial charge in [0.05, 0.1) is 38.3 Å². The van der Waals surface area contributed by atoms with E-state index >= 15 is 0 Å². The molecule has 0 aliphatic heterocycles. The number of hydrogen-bond acceptors (Lipinski definition) is 6. The second-order valence-electron chi connectivity index (χ2n) is 8.17. The Balaban J connectivity index is 1.93. The van der Waals surface area contributed by atoms with Crippen LogP contribution in [0.25, 0.3) is 21.5 Å². The first-order chi connectivity index (χ1) is 15.8. The Hall–Kier alpha value is -2.99. The molecule has 3 rings (SSSR count). The lowest BCUT2D eigenvalue weighted by atomic mass is 10.0. The van der Waals surface area contributed by atoms with Gasteiger partial charge >= 0.3 is 11.9 Å². The van der Waals surface area contributed by atoms with Crippen molar-refractivity contribution in [3.63, 3.8) is 0 Å². The van der Waals surface area contributed by atoms with Crippen LogP contribution in [0, 0.1) is 0 Å². The van der Waals surface area contributed by atoms with E-state index in [-0.39, 0.29) is 50.2 Å². The van der Waals surface area contributed by atoms with Crippen molar-refractivity contribution < 1.29 is 28.5 Å². The average molecular weight is 473 g/mol. The van der Waals surface area contributed by atoms with E-state index in [0.29, 0.717) is 16.5 Å². The Morgan fingerprint density at radius 1 is 0.727 bits per heavy atom. The summed E-state index contributed by atoms with van der Waals surface area (Å²) in [6.45, 7) is 7.58. The normalized spacial score (nSPS) is 11.2. The quantitative estimate of drug-likeness (QED) is 0.263. The van der Waals surface area contributed by atoms with Crippen molar-refractivity contribution in [3.8, 4) is 11.5 Å². The zero-order chi connectivity index (χ0) is 24.0. The minimum absolute atomic E-state index is 0.130. The highest BCUT2D eigenvalue weighted by atomic mass is 35.5. The van der Waals surface area contributed by atoms with E-state index in [1.165, 1.54) is 0 Å². The molecule has 0 spiro atoms. The second kappa shape index (κ2) is 11.2. The summed E-state index contributed by atoms with van der Waals surface area (Å²) in [6.07, 6.45) is -0.0782. The van der Waals surface area contributed by atoms with Gasteiger partial charge in [0.2, 0.25) is 0 Å². The lowest BCUT2D eigenvalue weighted by Crippen LogP contribution is -2.15. The fraction of sp³-hybridized carbons (Fsp3) is 0.385. The maximum absolute atomic E-state index is 11.9. The smallest absolute Gasteiger partial charge is 0.309 e. The van der Waals surface area contributed by atoms with Crippen LogP contribution in [-0.2, 0) is 19.1 Å². The minimum Gasteiger partial charge on any atom is -0.492 e. The van der Waals surface area contributed by atoms with Gasteiger partial charge in [-0.05, 0) is 45.9 Å². The van der Waals surface area contributed by atoms with Gasteiger partial charge in [-0.2, -0.15) is 0 Å². The van der Waals surface area contributed by atoms with E-state index in [9.17, 15) is 9.59 Å². The summed E-state index contributed by atoms with van der Waals surface area (Å²) in [5.74, 6) is 0.632. The molecule has 3 aromatic carbocycles. The van der Waals surface area contributed by atoms with Crippen LogP contribution in [0.2, 0.25) is 5.02 Å². The van der Waals surface area contributed by atoms with Crippen LogP contribution in [-0.4, -0.2) is 37.4 Å². The molecule has 0 atom stereocenters. The number of halogens is 1. The first-order valence-corrected chi connectivity index (χ1v) is 11.4. The Morgan fingerprint density at radius 3 is 1.67 bits per heavy atom. The van der Waals surface area contributed by atoms with Crippen LogP contribution in [0.1, 0.15) is 40.5 Å². The van der Waals surface area contributed by atoms with Crippen LogP contribution >= 0.6 is 11.6 Å². The minimum atomic E-state index is -0.315. The maximum Gasteiger partial charge on any atom is 0.309 e. The molecule has 0 fully saturated rings. The van der Waals surface area contributed by atoms with Crippen molar-refractivity contribution >= 4 is 45.1 Å². The predicted molar refractivity (Wildman–Crippen MR) is 129 cm³/mol. The molecule has 0 unspecified atom stereocenters. The van der Waals surface area contributed by atoms with Crippen molar-refractivity contribution in [2.75, 3.05) is 13.2 Å². The second-order valence-corrected chi connectivity index (χ2v) is 8.60. The van der Waals surface area contributed by atoms with Gasteiger partial charge < -0.3 is 18.9 Å². The molecule has 33 heavy (non-hydrogen) atoms. The third-order valence-corrected chi connectivity index (χ3v) is 4.96. The number of ether oxygens (including phenoxy) is 4. The van der Waals surface area contributed by atoms with E-state index in [0.717, 1.165) is 21.5 Å². The van der Waals surface area contributed by atoms with Crippen LogP contribution in [0.3, 0.4) is 0 Å². The number of carbonyl (C=O) groups is 2. The van der Waals surface area contributed by atoms with E-state index in [4.69, 9.17) is 30.5 Å². The molecule has 0 heterocycles. The fourth-order valence-electron chi connectivity index (χ4n) is 3.50. The lowest BCUT2D eigenvalue weighted by molar-refractivity contribution is -0.149. The summed E-state index contributed by atoms with van der Waals surface area (Å²) in [7, 11) is 0. The largest absolute Gasteiger partial charge is 0.492 e. The number of esters is 2. The number of benzene rings is 3. The van der Waals surface area contributed by atoms with Gasteiger partial charge in [-0.15, -0.1) is 0 Å². The molecule has 176 valence electrons. The molecule has 0 saturated heterocycles. The Kier molecular flexibility index (Phi) is 8.39. The third kappa shape index (κ3) is 6.51. The molecule has 6 nitrogen and oxygen atoms in total. The highest BCUT2D eigenvalue weighted by Crippen LogP contribution is 2.43. The molecule has 0 N–H and O–H groups in total. The summed E-state index contributed by atoms with van der Waals surface area (Å²) in [5.41, 5.74) is 0. The molecule has 3 aromatic rings. The Bertz CT molecular complexity index is 1140. The molecule has 0 aliphatic carbocycles. The van der Waals surface area contributed by atoms with Gasteiger partial charge in [-0.1, -0.05) is 35.9 Å². The molecular formula is C26H29ClO6. The van der Waals surface area contributed by atoms with Crippen molar-refractivity contribution in [2.24, 2.45) is 0 Å². The zero-order valence-electron chi connectivity index (χ0n) is 19.4. The van der Waals surface area contributed by atoms with Crippen molar-refractivity contribution in [2.45, 2.75) is 52.7 Å².